The molecule has 0 aliphatic heterocycles. The fourth-order valence-corrected chi connectivity index (χ4v) is 2.63. The van der Waals surface area contributed by atoms with Crippen LogP contribution in [0.5, 0.6) is 0 Å². The third-order valence-corrected chi connectivity index (χ3v) is 3.88. The highest BCUT2D eigenvalue weighted by atomic mass is 16.2. The first-order valence-corrected chi connectivity index (χ1v) is 8.59. The topological polar surface area (TPSA) is 78.1 Å². The molecule has 0 fully saturated rings. The number of anilines is 1. The van der Waals surface area contributed by atoms with Gasteiger partial charge in [-0.2, -0.15) is 5.10 Å². The molecule has 6 nitrogen and oxygen atoms in total. The van der Waals surface area contributed by atoms with Gasteiger partial charge in [0.25, 0.3) is 5.91 Å². The van der Waals surface area contributed by atoms with E-state index < -0.39 is 0 Å². The molecule has 25 heavy (non-hydrogen) atoms. The van der Waals surface area contributed by atoms with Gasteiger partial charge in [-0.1, -0.05) is 26.0 Å². The number of hydrogen-bond acceptors (Lipinski definition) is 3. The van der Waals surface area contributed by atoms with Crippen molar-refractivity contribution in [3.8, 4) is 0 Å². The first kappa shape index (κ1) is 18.7. The van der Waals surface area contributed by atoms with Crippen molar-refractivity contribution in [1.29, 1.82) is 0 Å². The standard InChI is InChI=1S/C19H26N4O2/c1-5-23(14(4)24)12-15-7-6-8-16(10-15)20-19(25)18-11-17(21-22-18)9-13(2)3/h6-8,10-11,13H,5,9,12H2,1-4H3,(H,20,25)(H,21,22). The lowest BCUT2D eigenvalue weighted by atomic mass is 10.1. The summed E-state index contributed by atoms with van der Waals surface area (Å²) < 4.78 is 0. The molecular weight excluding hydrogens is 316 g/mol. The molecule has 1 heterocycles. The number of aromatic amines is 1. The van der Waals surface area contributed by atoms with Crippen LogP contribution in [0.2, 0.25) is 0 Å². The van der Waals surface area contributed by atoms with E-state index in [9.17, 15) is 9.59 Å². The van der Waals surface area contributed by atoms with Gasteiger partial charge in [0, 0.05) is 31.4 Å². The van der Waals surface area contributed by atoms with Crippen LogP contribution in [0.15, 0.2) is 30.3 Å². The predicted molar refractivity (Wildman–Crippen MR) is 98.3 cm³/mol. The van der Waals surface area contributed by atoms with E-state index >= 15 is 0 Å². The molecule has 2 aromatic rings. The van der Waals surface area contributed by atoms with Crippen LogP contribution in [0.4, 0.5) is 5.69 Å². The van der Waals surface area contributed by atoms with E-state index in [1.807, 2.05) is 31.2 Å². The lowest BCUT2D eigenvalue weighted by Gasteiger charge is -2.19. The van der Waals surface area contributed by atoms with Gasteiger partial charge < -0.3 is 10.2 Å². The minimum absolute atomic E-state index is 0.0335. The quantitative estimate of drug-likeness (QED) is 0.811. The molecule has 2 amide bonds. The summed E-state index contributed by atoms with van der Waals surface area (Å²) in [6.45, 7) is 8.91. The van der Waals surface area contributed by atoms with Gasteiger partial charge in [-0.25, -0.2) is 0 Å². The number of benzene rings is 1. The first-order valence-electron chi connectivity index (χ1n) is 8.59. The van der Waals surface area contributed by atoms with Crippen molar-refractivity contribution < 1.29 is 9.59 Å². The Bertz CT molecular complexity index is 737. The van der Waals surface area contributed by atoms with Crippen LogP contribution in [0.1, 0.15) is 49.4 Å². The van der Waals surface area contributed by atoms with Crippen LogP contribution in [0.3, 0.4) is 0 Å². The van der Waals surface area contributed by atoms with Crippen molar-refractivity contribution in [1.82, 2.24) is 15.1 Å². The highest BCUT2D eigenvalue weighted by Gasteiger charge is 2.12. The van der Waals surface area contributed by atoms with Crippen LogP contribution in [0.25, 0.3) is 0 Å². The molecule has 0 spiro atoms. The molecule has 0 radical (unpaired) electrons. The van der Waals surface area contributed by atoms with Gasteiger partial charge in [-0.15, -0.1) is 0 Å². The Labute approximate surface area is 148 Å². The Hall–Kier alpha value is -2.63. The zero-order valence-electron chi connectivity index (χ0n) is 15.3. The molecule has 2 N–H and O–H groups in total. The molecule has 0 unspecified atom stereocenters. The number of carbonyl (C=O) groups is 2. The second-order valence-corrected chi connectivity index (χ2v) is 6.56. The molecule has 0 saturated heterocycles. The minimum Gasteiger partial charge on any atom is -0.339 e. The van der Waals surface area contributed by atoms with Gasteiger partial charge >= 0.3 is 0 Å². The summed E-state index contributed by atoms with van der Waals surface area (Å²) in [5.74, 6) is 0.282. The number of nitrogens with zero attached hydrogens (tertiary/aromatic N) is 2. The van der Waals surface area contributed by atoms with Gasteiger partial charge in [0.1, 0.15) is 0 Å². The molecule has 6 heteroatoms. The molecule has 1 aromatic carbocycles. The van der Waals surface area contributed by atoms with Crippen LogP contribution in [-0.4, -0.2) is 33.5 Å². The second-order valence-electron chi connectivity index (χ2n) is 6.56. The Morgan fingerprint density at radius 2 is 2.04 bits per heavy atom. The number of hydrogen-bond donors (Lipinski definition) is 2. The summed E-state index contributed by atoms with van der Waals surface area (Å²) in [6, 6.07) is 9.30. The van der Waals surface area contributed by atoms with Crippen LogP contribution in [0, 0.1) is 5.92 Å². The maximum absolute atomic E-state index is 12.4. The van der Waals surface area contributed by atoms with Gasteiger partial charge in [0.2, 0.25) is 5.91 Å². The molecule has 0 saturated carbocycles. The summed E-state index contributed by atoms with van der Waals surface area (Å²) in [5, 5.41) is 9.85. The zero-order chi connectivity index (χ0) is 18.4. The van der Waals surface area contributed by atoms with Crippen LogP contribution < -0.4 is 5.32 Å². The molecule has 0 aliphatic rings. The van der Waals surface area contributed by atoms with E-state index in [2.05, 4.69) is 29.4 Å². The van der Waals surface area contributed by atoms with Gasteiger partial charge in [-0.3, -0.25) is 14.7 Å². The molecule has 1 aromatic heterocycles. The predicted octanol–water partition coefficient (Wildman–Crippen LogP) is 3.23. The summed E-state index contributed by atoms with van der Waals surface area (Å²) in [7, 11) is 0. The monoisotopic (exact) mass is 342 g/mol. The number of carbonyl (C=O) groups excluding carboxylic acids is 2. The average Bonchev–Trinajstić information content (AvgIpc) is 3.00. The minimum atomic E-state index is -0.248. The number of rotatable bonds is 7. The lowest BCUT2D eigenvalue weighted by molar-refractivity contribution is -0.129. The highest BCUT2D eigenvalue weighted by molar-refractivity contribution is 6.02. The molecule has 0 aliphatic carbocycles. The van der Waals surface area contributed by atoms with Crippen LogP contribution >= 0.6 is 0 Å². The smallest absolute Gasteiger partial charge is 0.276 e. The van der Waals surface area contributed by atoms with Gasteiger partial charge in [-0.05, 0) is 43.0 Å². The average molecular weight is 342 g/mol. The SMILES string of the molecule is CCN(Cc1cccc(NC(=O)c2cc(CC(C)C)[nH]n2)c1)C(C)=O. The van der Waals surface area contributed by atoms with Gasteiger partial charge in [0.15, 0.2) is 5.69 Å². The van der Waals surface area contributed by atoms with E-state index in [1.165, 1.54) is 0 Å². The number of amides is 2. The maximum Gasteiger partial charge on any atom is 0.276 e. The normalized spacial score (nSPS) is 10.8. The largest absolute Gasteiger partial charge is 0.339 e. The Balaban J connectivity index is 2.04. The molecule has 0 atom stereocenters. The molecule has 134 valence electrons. The van der Waals surface area contributed by atoms with E-state index in [1.54, 1.807) is 17.9 Å². The first-order chi connectivity index (χ1) is 11.9. The third kappa shape index (κ3) is 5.45. The van der Waals surface area contributed by atoms with Crippen molar-refractivity contribution in [3.05, 3.63) is 47.3 Å². The van der Waals surface area contributed by atoms with Crippen molar-refractivity contribution in [2.24, 2.45) is 5.92 Å². The summed E-state index contributed by atoms with van der Waals surface area (Å²) in [6.07, 6.45) is 0.855. The Kier molecular flexibility index (Phi) is 6.33. The second kappa shape index (κ2) is 8.46. The maximum atomic E-state index is 12.4. The van der Waals surface area contributed by atoms with Crippen LogP contribution in [-0.2, 0) is 17.8 Å². The number of nitrogens with one attached hydrogen (secondary N) is 2. The number of H-pyrrole nitrogens is 1. The van der Waals surface area contributed by atoms with E-state index in [0.29, 0.717) is 30.4 Å². The van der Waals surface area contributed by atoms with Crippen molar-refractivity contribution in [2.45, 2.75) is 40.7 Å². The van der Waals surface area contributed by atoms with Crippen molar-refractivity contribution in [3.63, 3.8) is 0 Å². The Morgan fingerprint density at radius 1 is 1.28 bits per heavy atom. The third-order valence-electron chi connectivity index (χ3n) is 3.88. The molecular formula is C19H26N4O2. The van der Waals surface area contributed by atoms with E-state index in [4.69, 9.17) is 0 Å². The molecule has 0 bridgehead atoms. The summed E-state index contributed by atoms with van der Waals surface area (Å²) in [5.41, 5.74) is 2.99. The van der Waals surface area contributed by atoms with E-state index in [0.717, 1.165) is 17.7 Å². The van der Waals surface area contributed by atoms with E-state index in [-0.39, 0.29) is 11.8 Å². The fourth-order valence-electron chi connectivity index (χ4n) is 2.63. The van der Waals surface area contributed by atoms with Crippen molar-refractivity contribution in [2.75, 3.05) is 11.9 Å². The zero-order valence-corrected chi connectivity index (χ0v) is 15.3. The number of aromatic nitrogens is 2. The fraction of sp³-hybridized carbons (Fsp3) is 0.421. The lowest BCUT2D eigenvalue weighted by Crippen LogP contribution is -2.27. The highest BCUT2D eigenvalue weighted by Crippen LogP contribution is 2.15. The molecule has 2 rings (SSSR count). The Morgan fingerprint density at radius 3 is 2.68 bits per heavy atom. The van der Waals surface area contributed by atoms with Gasteiger partial charge in [0.05, 0.1) is 0 Å². The summed E-state index contributed by atoms with van der Waals surface area (Å²) >= 11 is 0. The summed E-state index contributed by atoms with van der Waals surface area (Å²) in [4.78, 5) is 25.6. The van der Waals surface area contributed by atoms with Crippen molar-refractivity contribution >= 4 is 17.5 Å².